The summed E-state index contributed by atoms with van der Waals surface area (Å²) in [6.45, 7) is 2.04. The third kappa shape index (κ3) is 3.02. The Bertz CT molecular complexity index is 907. The Labute approximate surface area is 146 Å². The lowest BCUT2D eigenvalue weighted by molar-refractivity contribution is 0.387. The number of benzene rings is 2. The molecule has 0 saturated carbocycles. The van der Waals surface area contributed by atoms with Crippen molar-refractivity contribution in [2.24, 2.45) is 0 Å². The van der Waals surface area contributed by atoms with Gasteiger partial charge in [0.2, 0.25) is 0 Å². The molecule has 5 heteroatoms. The highest BCUT2D eigenvalue weighted by atomic mass is 19.1. The predicted octanol–water partition coefficient (Wildman–Crippen LogP) is 4.43. The summed E-state index contributed by atoms with van der Waals surface area (Å²) < 4.78 is 19.6. The first kappa shape index (κ1) is 15.8. The third-order valence-electron chi connectivity index (χ3n) is 4.70. The first-order valence-electron chi connectivity index (χ1n) is 8.61. The normalized spacial score (nSPS) is 14.7. The average molecular weight is 337 g/mol. The highest BCUT2D eigenvalue weighted by Gasteiger charge is 2.14. The highest BCUT2D eigenvalue weighted by Crippen LogP contribution is 2.30. The largest absolute Gasteiger partial charge is 0.494 e. The van der Waals surface area contributed by atoms with E-state index in [2.05, 4.69) is 9.88 Å². The Morgan fingerprint density at radius 1 is 1.04 bits per heavy atom. The number of piperidine rings is 1. The van der Waals surface area contributed by atoms with Crippen LogP contribution in [0.3, 0.4) is 0 Å². The topological polar surface area (TPSA) is 38.2 Å². The van der Waals surface area contributed by atoms with E-state index in [1.807, 2.05) is 24.4 Å². The highest BCUT2D eigenvalue weighted by molar-refractivity contribution is 5.82. The van der Waals surface area contributed by atoms with Gasteiger partial charge in [-0.2, -0.15) is 0 Å². The number of aromatic nitrogens is 2. The molecule has 0 amide bonds. The van der Waals surface area contributed by atoms with Crippen molar-refractivity contribution in [1.29, 1.82) is 0 Å². The molecule has 0 bridgehead atoms. The van der Waals surface area contributed by atoms with Gasteiger partial charge in [0.15, 0.2) is 11.6 Å². The maximum absolute atomic E-state index is 14.6. The lowest BCUT2D eigenvalue weighted by atomic mass is 10.0. The van der Waals surface area contributed by atoms with Crippen LogP contribution in [0, 0.1) is 5.82 Å². The molecule has 0 unspecified atom stereocenters. The lowest BCUT2D eigenvalue weighted by Gasteiger charge is -2.27. The summed E-state index contributed by atoms with van der Waals surface area (Å²) in [7, 11) is 1.47. The molecule has 1 aliphatic rings. The summed E-state index contributed by atoms with van der Waals surface area (Å²) >= 11 is 0. The number of fused-ring (bicyclic) bond motifs is 1. The predicted molar refractivity (Wildman–Crippen MR) is 97.5 cm³/mol. The fourth-order valence-corrected chi connectivity index (χ4v) is 3.34. The van der Waals surface area contributed by atoms with Crippen molar-refractivity contribution in [2.75, 3.05) is 25.1 Å². The van der Waals surface area contributed by atoms with E-state index in [-0.39, 0.29) is 11.6 Å². The van der Waals surface area contributed by atoms with E-state index >= 15 is 0 Å². The van der Waals surface area contributed by atoms with Gasteiger partial charge < -0.3 is 9.64 Å². The molecule has 25 heavy (non-hydrogen) atoms. The summed E-state index contributed by atoms with van der Waals surface area (Å²) in [5.41, 5.74) is 2.87. The van der Waals surface area contributed by atoms with Gasteiger partial charge in [-0.3, -0.25) is 4.98 Å². The number of ether oxygens (including phenoxy) is 1. The van der Waals surface area contributed by atoms with Gasteiger partial charge in [0, 0.05) is 18.7 Å². The van der Waals surface area contributed by atoms with Crippen LogP contribution < -0.4 is 9.64 Å². The van der Waals surface area contributed by atoms with E-state index in [1.165, 1.54) is 26.4 Å². The van der Waals surface area contributed by atoms with Crippen molar-refractivity contribution in [1.82, 2.24) is 9.97 Å². The van der Waals surface area contributed by atoms with Gasteiger partial charge >= 0.3 is 0 Å². The van der Waals surface area contributed by atoms with Crippen molar-refractivity contribution in [2.45, 2.75) is 19.3 Å². The summed E-state index contributed by atoms with van der Waals surface area (Å²) in [5, 5.41) is 0. The zero-order valence-electron chi connectivity index (χ0n) is 14.2. The van der Waals surface area contributed by atoms with Gasteiger partial charge in [0.25, 0.3) is 0 Å². The zero-order valence-corrected chi connectivity index (χ0v) is 14.2. The monoisotopic (exact) mass is 337 g/mol. The molecular weight excluding hydrogens is 317 g/mol. The first-order chi connectivity index (χ1) is 12.3. The van der Waals surface area contributed by atoms with Crippen LogP contribution in [0.2, 0.25) is 0 Å². The summed E-state index contributed by atoms with van der Waals surface area (Å²) in [6, 6.07) is 10.8. The second kappa shape index (κ2) is 6.67. The molecule has 4 nitrogen and oxygen atoms in total. The van der Waals surface area contributed by atoms with Gasteiger partial charge in [-0.05, 0) is 43.0 Å². The molecular formula is C20H20FN3O. The molecule has 4 rings (SSSR count). The van der Waals surface area contributed by atoms with Crippen LogP contribution in [0.15, 0.2) is 42.6 Å². The fourth-order valence-electron chi connectivity index (χ4n) is 3.34. The molecule has 128 valence electrons. The Morgan fingerprint density at radius 2 is 1.88 bits per heavy atom. The minimum absolute atomic E-state index is 0.241. The van der Waals surface area contributed by atoms with Crippen LogP contribution >= 0.6 is 0 Å². The van der Waals surface area contributed by atoms with Crippen molar-refractivity contribution >= 4 is 16.9 Å². The van der Waals surface area contributed by atoms with Gasteiger partial charge in [0.1, 0.15) is 5.82 Å². The summed E-state index contributed by atoms with van der Waals surface area (Å²) in [6.07, 6.45) is 5.49. The quantitative estimate of drug-likeness (QED) is 0.708. The van der Waals surface area contributed by atoms with Gasteiger partial charge in [0.05, 0.1) is 24.3 Å². The van der Waals surface area contributed by atoms with Crippen LogP contribution in [-0.4, -0.2) is 30.2 Å². The van der Waals surface area contributed by atoms with Gasteiger partial charge in [-0.15, -0.1) is 0 Å². The van der Waals surface area contributed by atoms with Crippen LogP contribution in [0.5, 0.6) is 5.75 Å². The minimum Gasteiger partial charge on any atom is -0.494 e. The second-order valence-electron chi connectivity index (χ2n) is 6.30. The minimum atomic E-state index is -0.357. The van der Waals surface area contributed by atoms with Crippen LogP contribution in [0.4, 0.5) is 10.2 Å². The van der Waals surface area contributed by atoms with E-state index in [1.54, 1.807) is 18.2 Å². The maximum atomic E-state index is 14.6. The maximum Gasteiger partial charge on any atom is 0.172 e. The number of nitrogens with zero attached hydrogens (tertiary/aromatic N) is 3. The standard InChI is InChI=1S/C20H20FN3O/c1-25-18-7-5-6-15(20(18)21)14-8-9-16-17(12-14)23-19(13-22-16)24-10-3-2-4-11-24/h5-9,12-13H,2-4,10-11H2,1H3. The Morgan fingerprint density at radius 3 is 2.68 bits per heavy atom. The summed E-state index contributed by atoms with van der Waals surface area (Å²) in [5.74, 6) is 0.783. The van der Waals surface area contributed by atoms with Crippen molar-refractivity contribution in [3.05, 3.63) is 48.4 Å². The molecule has 0 atom stereocenters. The van der Waals surface area contributed by atoms with E-state index in [4.69, 9.17) is 9.72 Å². The third-order valence-corrected chi connectivity index (χ3v) is 4.70. The number of hydrogen-bond acceptors (Lipinski definition) is 4. The van der Waals surface area contributed by atoms with Gasteiger partial charge in [-0.1, -0.05) is 18.2 Å². The fraction of sp³-hybridized carbons (Fsp3) is 0.300. The van der Waals surface area contributed by atoms with Crippen LogP contribution in [0.1, 0.15) is 19.3 Å². The molecule has 2 aromatic carbocycles. The second-order valence-corrected chi connectivity index (χ2v) is 6.30. The number of halogens is 1. The SMILES string of the molecule is COc1cccc(-c2ccc3ncc(N4CCCCC4)nc3c2)c1F. The molecule has 0 aliphatic carbocycles. The Balaban J connectivity index is 1.76. The van der Waals surface area contributed by atoms with Gasteiger partial charge in [-0.25, -0.2) is 9.37 Å². The summed E-state index contributed by atoms with van der Waals surface area (Å²) in [4.78, 5) is 11.6. The van der Waals surface area contributed by atoms with E-state index in [9.17, 15) is 4.39 Å². The van der Waals surface area contributed by atoms with Crippen LogP contribution in [0.25, 0.3) is 22.2 Å². The molecule has 1 saturated heterocycles. The van der Waals surface area contributed by atoms with Crippen molar-refractivity contribution < 1.29 is 9.13 Å². The van der Waals surface area contributed by atoms with E-state index < -0.39 is 0 Å². The first-order valence-corrected chi connectivity index (χ1v) is 8.61. The molecule has 0 radical (unpaired) electrons. The van der Waals surface area contributed by atoms with Crippen LogP contribution in [-0.2, 0) is 0 Å². The van der Waals surface area contributed by atoms with Crippen molar-refractivity contribution in [3.8, 4) is 16.9 Å². The molecule has 1 aliphatic heterocycles. The molecule has 1 fully saturated rings. The number of rotatable bonds is 3. The number of anilines is 1. The lowest BCUT2D eigenvalue weighted by Crippen LogP contribution is -2.30. The molecule has 2 heterocycles. The smallest absolute Gasteiger partial charge is 0.172 e. The molecule has 3 aromatic rings. The average Bonchev–Trinajstić information content (AvgIpc) is 2.68. The van der Waals surface area contributed by atoms with E-state index in [0.717, 1.165) is 35.5 Å². The number of hydrogen-bond donors (Lipinski definition) is 0. The molecule has 0 spiro atoms. The molecule has 0 N–H and O–H groups in total. The Kier molecular flexibility index (Phi) is 4.22. The van der Waals surface area contributed by atoms with E-state index in [0.29, 0.717) is 5.56 Å². The molecule has 1 aromatic heterocycles. The zero-order chi connectivity index (χ0) is 17.2. The number of methoxy groups -OCH3 is 1. The van der Waals surface area contributed by atoms with Crippen molar-refractivity contribution in [3.63, 3.8) is 0 Å². The Hall–Kier alpha value is -2.69.